The molecule has 2 rings (SSSR count). The number of ether oxygens (including phenoxy) is 1. The number of amides is 1. The highest BCUT2D eigenvalue weighted by atomic mass is 16.5. The van der Waals surface area contributed by atoms with E-state index < -0.39 is 0 Å². The van der Waals surface area contributed by atoms with Crippen molar-refractivity contribution in [2.24, 2.45) is 0 Å². The monoisotopic (exact) mass is 314 g/mol. The number of aryl methyl sites for hydroxylation is 1. The van der Waals surface area contributed by atoms with Gasteiger partial charge in [-0.25, -0.2) is 4.98 Å². The Morgan fingerprint density at radius 1 is 1.22 bits per heavy atom. The molecule has 0 spiro atoms. The Bertz CT molecular complexity index is 644. The van der Waals surface area contributed by atoms with Crippen LogP contribution < -0.4 is 15.0 Å². The van der Waals surface area contributed by atoms with Crippen LogP contribution in [0, 0.1) is 0 Å². The van der Waals surface area contributed by atoms with Crippen molar-refractivity contribution in [3.63, 3.8) is 0 Å². The van der Waals surface area contributed by atoms with Crippen LogP contribution >= 0.6 is 0 Å². The molecule has 0 bridgehead atoms. The van der Waals surface area contributed by atoms with Crippen LogP contribution in [-0.4, -0.2) is 37.1 Å². The summed E-state index contributed by atoms with van der Waals surface area (Å²) in [5.41, 5.74) is 2.45. The summed E-state index contributed by atoms with van der Waals surface area (Å²) in [4.78, 5) is 22.5. The highest BCUT2D eigenvalue weighted by Crippen LogP contribution is 2.32. The number of hydrogen-bond acceptors (Lipinski definition) is 5. The largest absolute Gasteiger partial charge is 0.479 e. The zero-order chi connectivity index (χ0) is 16.7. The summed E-state index contributed by atoms with van der Waals surface area (Å²) in [7, 11) is 5.36. The molecule has 1 N–H and O–H groups in total. The van der Waals surface area contributed by atoms with Gasteiger partial charge in [-0.3, -0.25) is 9.78 Å². The quantitative estimate of drug-likeness (QED) is 0.850. The SMILES string of the molecule is COc1nccc(N(C)C)c1NC(=O)CCCc1ccccn1. The lowest BCUT2D eigenvalue weighted by atomic mass is 10.1. The van der Waals surface area contributed by atoms with E-state index in [9.17, 15) is 4.79 Å². The van der Waals surface area contributed by atoms with Crippen molar-refractivity contribution in [3.8, 4) is 5.88 Å². The fourth-order valence-corrected chi connectivity index (χ4v) is 2.26. The van der Waals surface area contributed by atoms with Crippen LogP contribution in [-0.2, 0) is 11.2 Å². The summed E-state index contributed by atoms with van der Waals surface area (Å²) in [5, 5.41) is 2.91. The zero-order valence-electron chi connectivity index (χ0n) is 13.7. The molecule has 122 valence electrons. The molecule has 1 amide bonds. The molecule has 0 atom stereocenters. The van der Waals surface area contributed by atoms with Crippen LogP contribution in [0.25, 0.3) is 0 Å². The Hall–Kier alpha value is -2.63. The number of carbonyl (C=O) groups excluding carboxylic acids is 1. The van der Waals surface area contributed by atoms with E-state index in [1.165, 1.54) is 0 Å². The Labute approximate surface area is 136 Å². The van der Waals surface area contributed by atoms with Crippen molar-refractivity contribution in [1.82, 2.24) is 9.97 Å². The van der Waals surface area contributed by atoms with E-state index in [4.69, 9.17) is 4.74 Å². The van der Waals surface area contributed by atoms with E-state index >= 15 is 0 Å². The molecule has 0 saturated carbocycles. The molecular formula is C17H22N4O2. The lowest BCUT2D eigenvalue weighted by Crippen LogP contribution is -2.17. The molecule has 0 radical (unpaired) electrons. The van der Waals surface area contributed by atoms with E-state index in [2.05, 4.69) is 15.3 Å². The molecular weight excluding hydrogens is 292 g/mol. The lowest BCUT2D eigenvalue weighted by Gasteiger charge is -2.19. The normalized spacial score (nSPS) is 10.2. The maximum atomic E-state index is 12.2. The highest BCUT2D eigenvalue weighted by molar-refractivity contribution is 5.95. The molecule has 23 heavy (non-hydrogen) atoms. The van der Waals surface area contributed by atoms with E-state index in [0.29, 0.717) is 18.0 Å². The van der Waals surface area contributed by atoms with Crippen LogP contribution in [0.1, 0.15) is 18.5 Å². The summed E-state index contributed by atoms with van der Waals surface area (Å²) in [6.45, 7) is 0. The van der Waals surface area contributed by atoms with E-state index in [1.54, 1.807) is 19.5 Å². The minimum Gasteiger partial charge on any atom is -0.479 e. The van der Waals surface area contributed by atoms with Gasteiger partial charge in [0.05, 0.1) is 12.8 Å². The Kier molecular flexibility index (Phi) is 5.91. The molecule has 0 aliphatic heterocycles. The van der Waals surface area contributed by atoms with Gasteiger partial charge in [0.1, 0.15) is 5.69 Å². The minimum atomic E-state index is -0.0599. The van der Waals surface area contributed by atoms with Gasteiger partial charge in [0.25, 0.3) is 0 Å². The van der Waals surface area contributed by atoms with Crippen LogP contribution in [0.4, 0.5) is 11.4 Å². The van der Waals surface area contributed by atoms with Gasteiger partial charge in [-0.2, -0.15) is 0 Å². The standard InChI is InChI=1S/C17H22N4O2/c1-21(2)14-10-12-19-17(23-3)16(14)20-15(22)9-6-8-13-7-4-5-11-18-13/h4-5,7,10-12H,6,8-9H2,1-3H3,(H,20,22). The maximum absolute atomic E-state index is 12.2. The van der Waals surface area contributed by atoms with Gasteiger partial charge in [0, 0.05) is 38.6 Å². The molecule has 0 aromatic carbocycles. The van der Waals surface area contributed by atoms with E-state index in [1.807, 2.05) is 43.3 Å². The molecule has 0 fully saturated rings. The molecule has 2 aromatic heterocycles. The molecule has 6 nitrogen and oxygen atoms in total. The first-order chi connectivity index (χ1) is 11.1. The Morgan fingerprint density at radius 2 is 2.04 bits per heavy atom. The van der Waals surface area contributed by atoms with Gasteiger partial charge >= 0.3 is 0 Å². The second-order valence-electron chi connectivity index (χ2n) is 5.33. The van der Waals surface area contributed by atoms with Crippen molar-refractivity contribution in [2.45, 2.75) is 19.3 Å². The summed E-state index contributed by atoms with van der Waals surface area (Å²) in [6, 6.07) is 7.64. The number of aromatic nitrogens is 2. The summed E-state index contributed by atoms with van der Waals surface area (Å²) in [5.74, 6) is 0.351. The highest BCUT2D eigenvalue weighted by Gasteiger charge is 2.14. The molecule has 2 aromatic rings. The molecule has 0 aliphatic rings. The van der Waals surface area contributed by atoms with Crippen molar-refractivity contribution < 1.29 is 9.53 Å². The lowest BCUT2D eigenvalue weighted by molar-refractivity contribution is -0.116. The van der Waals surface area contributed by atoms with Gasteiger partial charge in [0.2, 0.25) is 11.8 Å². The zero-order valence-corrected chi connectivity index (χ0v) is 13.7. The van der Waals surface area contributed by atoms with Crippen molar-refractivity contribution in [3.05, 3.63) is 42.4 Å². The van der Waals surface area contributed by atoms with Gasteiger partial charge < -0.3 is 15.0 Å². The van der Waals surface area contributed by atoms with Crippen LogP contribution in [0.2, 0.25) is 0 Å². The third-order valence-corrected chi connectivity index (χ3v) is 3.40. The second kappa shape index (κ2) is 8.12. The van der Waals surface area contributed by atoms with Gasteiger partial charge in [-0.05, 0) is 31.0 Å². The smallest absolute Gasteiger partial charge is 0.239 e. The van der Waals surface area contributed by atoms with E-state index in [-0.39, 0.29) is 5.91 Å². The molecule has 0 unspecified atom stereocenters. The number of nitrogens with zero attached hydrogens (tertiary/aromatic N) is 3. The van der Waals surface area contributed by atoms with Gasteiger partial charge in [-0.15, -0.1) is 0 Å². The minimum absolute atomic E-state index is 0.0599. The summed E-state index contributed by atoms with van der Waals surface area (Å²) < 4.78 is 5.25. The van der Waals surface area contributed by atoms with Crippen molar-refractivity contribution in [2.75, 3.05) is 31.4 Å². The number of anilines is 2. The summed E-state index contributed by atoms with van der Waals surface area (Å²) >= 11 is 0. The molecule has 0 aliphatic carbocycles. The Morgan fingerprint density at radius 3 is 2.70 bits per heavy atom. The Balaban J connectivity index is 1.97. The molecule has 0 saturated heterocycles. The van der Waals surface area contributed by atoms with Crippen molar-refractivity contribution >= 4 is 17.3 Å². The van der Waals surface area contributed by atoms with Crippen LogP contribution in [0.5, 0.6) is 5.88 Å². The third-order valence-electron chi connectivity index (χ3n) is 3.40. The average molecular weight is 314 g/mol. The number of nitrogens with one attached hydrogen (secondary N) is 1. The van der Waals surface area contributed by atoms with Crippen LogP contribution in [0.15, 0.2) is 36.7 Å². The number of hydrogen-bond donors (Lipinski definition) is 1. The predicted molar refractivity (Wildman–Crippen MR) is 90.9 cm³/mol. The van der Waals surface area contributed by atoms with Gasteiger partial charge in [-0.1, -0.05) is 6.07 Å². The first-order valence-electron chi connectivity index (χ1n) is 7.52. The predicted octanol–water partition coefficient (Wildman–Crippen LogP) is 2.51. The number of carbonyl (C=O) groups is 1. The molecule has 6 heteroatoms. The fraction of sp³-hybridized carbons (Fsp3) is 0.353. The number of pyridine rings is 2. The topological polar surface area (TPSA) is 67.3 Å². The fourth-order valence-electron chi connectivity index (χ4n) is 2.26. The van der Waals surface area contributed by atoms with E-state index in [0.717, 1.165) is 24.2 Å². The van der Waals surface area contributed by atoms with Crippen LogP contribution in [0.3, 0.4) is 0 Å². The first kappa shape index (κ1) is 16.7. The third kappa shape index (κ3) is 4.67. The second-order valence-corrected chi connectivity index (χ2v) is 5.33. The molecule has 2 heterocycles. The maximum Gasteiger partial charge on any atom is 0.239 e. The van der Waals surface area contributed by atoms with Gasteiger partial charge in [0.15, 0.2) is 0 Å². The first-order valence-corrected chi connectivity index (χ1v) is 7.52. The number of rotatable bonds is 7. The average Bonchev–Trinajstić information content (AvgIpc) is 2.55. The number of methoxy groups -OCH3 is 1. The summed E-state index contributed by atoms with van der Waals surface area (Å²) in [6.07, 6.45) is 5.35. The van der Waals surface area contributed by atoms with Crippen molar-refractivity contribution in [1.29, 1.82) is 0 Å².